The van der Waals surface area contributed by atoms with Crippen LogP contribution < -0.4 is 10.6 Å². The van der Waals surface area contributed by atoms with E-state index in [1.807, 2.05) is 0 Å². The van der Waals surface area contributed by atoms with E-state index in [2.05, 4.69) is 22.5 Å². The lowest BCUT2D eigenvalue weighted by molar-refractivity contribution is -0.114. The Kier molecular flexibility index (Phi) is 6.03. The Morgan fingerprint density at radius 3 is 2.57 bits per heavy atom. The molecule has 2 aromatic rings. The third-order valence-electron chi connectivity index (χ3n) is 4.63. The highest BCUT2D eigenvalue weighted by atomic mass is 16.2. The Bertz CT molecular complexity index is 897. The number of amides is 3. The molecule has 1 aromatic heterocycles. The Morgan fingerprint density at radius 1 is 1.11 bits per heavy atom. The zero-order valence-electron chi connectivity index (χ0n) is 16.1. The molecule has 0 bridgehead atoms. The first kappa shape index (κ1) is 19.5. The van der Waals surface area contributed by atoms with Gasteiger partial charge in [0.1, 0.15) is 5.69 Å². The van der Waals surface area contributed by atoms with Gasteiger partial charge < -0.3 is 15.5 Å². The molecule has 7 heteroatoms. The van der Waals surface area contributed by atoms with E-state index in [1.54, 1.807) is 35.2 Å². The van der Waals surface area contributed by atoms with Crippen molar-refractivity contribution in [3.63, 3.8) is 0 Å². The topological polar surface area (TPSA) is 91.4 Å². The molecule has 3 rings (SSSR count). The molecule has 0 radical (unpaired) electrons. The van der Waals surface area contributed by atoms with Gasteiger partial charge in [-0.2, -0.15) is 0 Å². The highest BCUT2D eigenvalue weighted by Crippen LogP contribution is 2.19. The van der Waals surface area contributed by atoms with Gasteiger partial charge in [0.05, 0.1) is 0 Å². The van der Waals surface area contributed by atoms with Crippen molar-refractivity contribution in [1.82, 2.24) is 9.88 Å². The van der Waals surface area contributed by atoms with Crippen LogP contribution >= 0.6 is 0 Å². The van der Waals surface area contributed by atoms with Crippen LogP contribution in [0.3, 0.4) is 0 Å². The Hall–Kier alpha value is -3.22. The van der Waals surface area contributed by atoms with E-state index in [9.17, 15) is 14.4 Å². The first-order chi connectivity index (χ1) is 13.4. The van der Waals surface area contributed by atoms with Crippen LogP contribution in [0, 0.1) is 5.92 Å². The molecule has 1 saturated heterocycles. The van der Waals surface area contributed by atoms with Gasteiger partial charge in [-0.05, 0) is 49.1 Å². The second kappa shape index (κ2) is 8.65. The molecule has 3 amide bonds. The number of rotatable bonds is 4. The second-order valence-corrected chi connectivity index (χ2v) is 7.14. The second-order valence-electron chi connectivity index (χ2n) is 7.14. The molecule has 1 aliphatic rings. The van der Waals surface area contributed by atoms with Crippen molar-refractivity contribution in [1.29, 1.82) is 0 Å². The van der Waals surface area contributed by atoms with Gasteiger partial charge in [0.15, 0.2) is 0 Å². The lowest BCUT2D eigenvalue weighted by atomic mass is 10.00. The monoisotopic (exact) mass is 380 g/mol. The number of likely N-dealkylation sites (tertiary alicyclic amines) is 1. The smallest absolute Gasteiger partial charge is 0.272 e. The molecule has 0 aliphatic carbocycles. The van der Waals surface area contributed by atoms with Crippen LogP contribution in [-0.4, -0.2) is 40.7 Å². The maximum Gasteiger partial charge on any atom is 0.272 e. The molecule has 1 aromatic carbocycles. The maximum atomic E-state index is 12.7. The molecule has 2 N–H and O–H groups in total. The van der Waals surface area contributed by atoms with Crippen molar-refractivity contribution >= 4 is 29.1 Å². The van der Waals surface area contributed by atoms with Crippen molar-refractivity contribution in [2.75, 3.05) is 23.7 Å². The average molecular weight is 380 g/mol. The van der Waals surface area contributed by atoms with Gasteiger partial charge >= 0.3 is 0 Å². The van der Waals surface area contributed by atoms with Crippen LogP contribution in [0.4, 0.5) is 11.4 Å². The third-order valence-corrected chi connectivity index (χ3v) is 4.63. The molecule has 1 atom stereocenters. The summed E-state index contributed by atoms with van der Waals surface area (Å²) in [5.74, 6) is -0.204. The van der Waals surface area contributed by atoms with Gasteiger partial charge in [-0.3, -0.25) is 19.4 Å². The van der Waals surface area contributed by atoms with E-state index in [4.69, 9.17) is 0 Å². The quantitative estimate of drug-likeness (QED) is 0.852. The number of nitrogens with one attached hydrogen (secondary N) is 2. The van der Waals surface area contributed by atoms with Gasteiger partial charge in [-0.1, -0.05) is 13.0 Å². The van der Waals surface area contributed by atoms with Gasteiger partial charge in [0.25, 0.3) is 11.8 Å². The fourth-order valence-corrected chi connectivity index (χ4v) is 3.31. The van der Waals surface area contributed by atoms with Crippen molar-refractivity contribution in [3.8, 4) is 0 Å². The summed E-state index contributed by atoms with van der Waals surface area (Å²) in [6, 6.07) is 9.96. The highest BCUT2D eigenvalue weighted by Gasteiger charge is 2.23. The highest BCUT2D eigenvalue weighted by molar-refractivity contribution is 6.06. The number of carbonyl (C=O) groups excluding carboxylic acids is 3. The van der Waals surface area contributed by atoms with E-state index >= 15 is 0 Å². The molecule has 28 heavy (non-hydrogen) atoms. The minimum absolute atomic E-state index is 0.145. The number of hydrogen-bond acceptors (Lipinski definition) is 4. The average Bonchev–Trinajstić information content (AvgIpc) is 2.67. The van der Waals surface area contributed by atoms with Gasteiger partial charge in [-0.25, -0.2) is 0 Å². The third kappa shape index (κ3) is 4.94. The first-order valence-corrected chi connectivity index (χ1v) is 9.36. The van der Waals surface area contributed by atoms with Crippen molar-refractivity contribution in [2.45, 2.75) is 26.7 Å². The lowest BCUT2D eigenvalue weighted by Gasteiger charge is -2.30. The summed E-state index contributed by atoms with van der Waals surface area (Å²) in [5.41, 5.74) is 1.77. The van der Waals surface area contributed by atoms with E-state index in [0.29, 0.717) is 29.4 Å². The fraction of sp³-hybridized carbons (Fsp3) is 0.333. The number of piperidine rings is 1. The van der Waals surface area contributed by atoms with Crippen molar-refractivity contribution < 1.29 is 14.4 Å². The summed E-state index contributed by atoms with van der Waals surface area (Å²) in [6.45, 7) is 4.99. The molecule has 146 valence electrons. The Labute approximate surface area is 164 Å². The van der Waals surface area contributed by atoms with E-state index in [-0.39, 0.29) is 23.4 Å². The van der Waals surface area contributed by atoms with Crippen molar-refractivity contribution in [2.24, 2.45) is 5.92 Å². The molecule has 1 aliphatic heterocycles. The summed E-state index contributed by atoms with van der Waals surface area (Å²) in [5, 5.41) is 5.45. The van der Waals surface area contributed by atoms with Crippen LogP contribution in [0.15, 0.2) is 42.6 Å². The standard InChI is InChI=1S/C21H24N4O3/c1-14-5-4-10-25(13-14)21(28)19-11-16(8-9-22-19)20(27)24-18-7-3-6-17(12-18)23-15(2)26/h3,6-9,11-12,14H,4-5,10,13H2,1-2H3,(H,23,26)(H,24,27). The van der Waals surface area contributed by atoms with Crippen LogP contribution in [0.2, 0.25) is 0 Å². The zero-order valence-corrected chi connectivity index (χ0v) is 16.1. The normalized spacial score (nSPS) is 16.4. The Morgan fingerprint density at radius 2 is 1.86 bits per heavy atom. The first-order valence-electron chi connectivity index (χ1n) is 9.36. The summed E-state index contributed by atoms with van der Waals surface area (Å²) < 4.78 is 0. The van der Waals surface area contributed by atoms with Crippen LogP contribution in [0.25, 0.3) is 0 Å². The molecule has 2 heterocycles. The van der Waals surface area contributed by atoms with Gasteiger partial charge in [-0.15, -0.1) is 0 Å². The zero-order chi connectivity index (χ0) is 20.1. The largest absolute Gasteiger partial charge is 0.337 e. The molecule has 0 spiro atoms. The number of anilines is 2. The van der Waals surface area contributed by atoms with Crippen molar-refractivity contribution in [3.05, 3.63) is 53.9 Å². The molecule has 7 nitrogen and oxygen atoms in total. The summed E-state index contributed by atoms with van der Waals surface area (Å²) in [6.07, 6.45) is 3.58. The molecule has 0 saturated carbocycles. The van der Waals surface area contributed by atoms with E-state index in [1.165, 1.54) is 19.2 Å². The maximum absolute atomic E-state index is 12.7. The molecule has 1 fully saturated rings. The minimum atomic E-state index is -0.344. The number of carbonyl (C=O) groups is 3. The molecular formula is C21H24N4O3. The van der Waals surface area contributed by atoms with E-state index in [0.717, 1.165) is 19.4 Å². The Balaban J connectivity index is 1.72. The van der Waals surface area contributed by atoms with Crippen LogP contribution in [0.1, 0.15) is 47.5 Å². The van der Waals surface area contributed by atoms with Gasteiger partial charge in [0, 0.05) is 43.1 Å². The lowest BCUT2D eigenvalue weighted by Crippen LogP contribution is -2.39. The molecule has 1 unspecified atom stereocenters. The number of nitrogens with zero attached hydrogens (tertiary/aromatic N) is 2. The number of hydrogen-bond donors (Lipinski definition) is 2. The summed E-state index contributed by atoms with van der Waals surface area (Å²) >= 11 is 0. The predicted octanol–water partition coefficient (Wildman–Crippen LogP) is 3.16. The van der Waals surface area contributed by atoms with Gasteiger partial charge in [0.2, 0.25) is 5.91 Å². The van der Waals surface area contributed by atoms with Crippen LogP contribution in [-0.2, 0) is 4.79 Å². The number of aromatic nitrogens is 1. The summed E-state index contributed by atoms with van der Waals surface area (Å²) in [7, 11) is 0. The molecular weight excluding hydrogens is 356 g/mol. The van der Waals surface area contributed by atoms with Crippen LogP contribution in [0.5, 0.6) is 0 Å². The summed E-state index contributed by atoms with van der Waals surface area (Å²) in [4.78, 5) is 42.5. The number of pyridine rings is 1. The SMILES string of the molecule is CC(=O)Nc1cccc(NC(=O)c2ccnc(C(=O)N3CCCC(C)C3)c2)c1. The van der Waals surface area contributed by atoms with E-state index < -0.39 is 0 Å². The minimum Gasteiger partial charge on any atom is -0.337 e. The fourth-order valence-electron chi connectivity index (χ4n) is 3.31. The number of benzene rings is 1. The predicted molar refractivity (Wildman–Crippen MR) is 107 cm³/mol.